The van der Waals surface area contributed by atoms with Crippen LogP contribution in [0.5, 0.6) is 0 Å². The van der Waals surface area contributed by atoms with E-state index in [9.17, 15) is 4.79 Å². The van der Waals surface area contributed by atoms with Gasteiger partial charge >= 0.3 is 0 Å². The summed E-state index contributed by atoms with van der Waals surface area (Å²) in [5.74, 6) is 1.61. The monoisotopic (exact) mass is 541 g/mol. The number of amides is 1. The molecule has 1 aromatic carbocycles. The highest BCUT2D eigenvalue weighted by atomic mass is 16.1. The summed E-state index contributed by atoms with van der Waals surface area (Å²) in [5.41, 5.74) is 14.1. The summed E-state index contributed by atoms with van der Waals surface area (Å²) in [6.07, 6.45) is 8.53. The lowest BCUT2D eigenvalue weighted by molar-refractivity contribution is 0.0936. The Balaban J connectivity index is 1.30. The van der Waals surface area contributed by atoms with Gasteiger partial charge in [0, 0.05) is 36.2 Å². The lowest BCUT2D eigenvalue weighted by Gasteiger charge is -2.16. The number of anilines is 1. The van der Waals surface area contributed by atoms with Crippen LogP contribution >= 0.6 is 0 Å². The Bertz CT molecular complexity index is 1940. The highest BCUT2D eigenvalue weighted by molar-refractivity contribution is 5.94. The van der Waals surface area contributed by atoms with Crippen LogP contribution in [0.2, 0.25) is 0 Å². The van der Waals surface area contributed by atoms with Crippen molar-refractivity contribution in [2.45, 2.75) is 32.7 Å². The molecule has 0 aliphatic heterocycles. The van der Waals surface area contributed by atoms with Crippen molar-refractivity contribution in [2.75, 3.05) is 5.73 Å². The number of nitrogens with one attached hydrogen (secondary N) is 1. The minimum atomic E-state index is -0.118. The van der Waals surface area contributed by atoms with Crippen LogP contribution in [0.3, 0.4) is 0 Å². The number of hydrogen-bond acceptors (Lipinski definition) is 7. The standard InChI is InChI=1S/C31H27N9O/c1-18-15-21(17-34-19(18)2)31(41)37-25-9-6-20-16-22(7-8-23(20)25)40-29(24-5-3-12-33-28(24)32)36-26-10-11-27(38-30(26)40)39-14-4-13-35-39/h3-5,7-8,10-17,25H,6,9H2,1-2H3,(H2,32,33)(H,37,41)/t25-/m0/s1. The van der Waals surface area contributed by atoms with Crippen molar-refractivity contribution in [1.82, 2.24) is 39.6 Å². The topological polar surface area (TPSA) is 129 Å². The number of benzene rings is 1. The molecular weight excluding hydrogens is 514 g/mol. The molecule has 0 spiro atoms. The van der Waals surface area contributed by atoms with Gasteiger partial charge in [0.1, 0.15) is 11.3 Å². The number of imidazole rings is 1. The maximum absolute atomic E-state index is 13.0. The molecule has 5 aromatic heterocycles. The predicted octanol–water partition coefficient (Wildman–Crippen LogP) is 4.68. The van der Waals surface area contributed by atoms with Gasteiger partial charge in [0.05, 0.1) is 17.2 Å². The molecule has 10 nitrogen and oxygen atoms in total. The summed E-state index contributed by atoms with van der Waals surface area (Å²) in [4.78, 5) is 31.6. The lowest BCUT2D eigenvalue weighted by atomic mass is 10.1. The first-order valence-electron chi connectivity index (χ1n) is 13.4. The first kappa shape index (κ1) is 24.6. The van der Waals surface area contributed by atoms with E-state index in [0.717, 1.165) is 46.4 Å². The molecule has 1 amide bonds. The second-order valence-electron chi connectivity index (χ2n) is 10.2. The smallest absolute Gasteiger partial charge is 0.253 e. The number of aryl methyl sites for hydroxylation is 3. The van der Waals surface area contributed by atoms with Crippen LogP contribution < -0.4 is 11.1 Å². The van der Waals surface area contributed by atoms with E-state index in [-0.39, 0.29) is 11.9 Å². The van der Waals surface area contributed by atoms with E-state index >= 15 is 0 Å². The van der Waals surface area contributed by atoms with Crippen molar-refractivity contribution >= 4 is 22.9 Å². The molecule has 1 aliphatic carbocycles. The van der Waals surface area contributed by atoms with Crippen LogP contribution in [0.1, 0.15) is 45.2 Å². The molecule has 7 rings (SSSR count). The van der Waals surface area contributed by atoms with E-state index in [1.807, 2.05) is 67.1 Å². The van der Waals surface area contributed by atoms with Gasteiger partial charge in [-0.05, 0) is 91.9 Å². The molecule has 10 heteroatoms. The average molecular weight is 542 g/mol. The van der Waals surface area contributed by atoms with Gasteiger partial charge in [-0.3, -0.25) is 14.3 Å². The van der Waals surface area contributed by atoms with Gasteiger partial charge in [0.2, 0.25) is 0 Å². The number of nitrogens with two attached hydrogens (primary N) is 1. The van der Waals surface area contributed by atoms with Crippen molar-refractivity contribution in [2.24, 2.45) is 0 Å². The molecule has 0 unspecified atom stereocenters. The molecule has 1 aliphatic rings. The molecule has 0 saturated heterocycles. The van der Waals surface area contributed by atoms with Gasteiger partial charge in [-0.1, -0.05) is 6.07 Å². The zero-order chi connectivity index (χ0) is 28.1. The Kier molecular flexibility index (Phi) is 5.81. The van der Waals surface area contributed by atoms with E-state index in [1.165, 1.54) is 5.56 Å². The van der Waals surface area contributed by atoms with Gasteiger partial charge < -0.3 is 11.1 Å². The number of pyridine rings is 3. The summed E-state index contributed by atoms with van der Waals surface area (Å²) >= 11 is 0. The summed E-state index contributed by atoms with van der Waals surface area (Å²) < 4.78 is 3.73. The molecule has 0 bridgehead atoms. The molecule has 0 saturated carbocycles. The van der Waals surface area contributed by atoms with Crippen molar-refractivity contribution in [3.63, 3.8) is 0 Å². The van der Waals surface area contributed by atoms with Crippen LogP contribution in [0.15, 0.2) is 79.4 Å². The summed E-state index contributed by atoms with van der Waals surface area (Å²) in [7, 11) is 0. The minimum absolute atomic E-state index is 0.0781. The number of nitrogens with zero attached hydrogens (tertiary/aromatic N) is 7. The van der Waals surface area contributed by atoms with Gasteiger partial charge in [-0.25, -0.2) is 19.6 Å². The Hall–Kier alpha value is -5.38. The van der Waals surface area contributed by atoms with E-state index in [4.69, 9.17) is 15.7 Å². The summed E-state index contributed by atoms with van der Waals surface area (Å²) in [6, 6.07) is 17.5. The maximum atomic E-state index is 13.0. The third kappa shape index (κ3) is 4.29. The molecule has 41 heavy (non-hydrogen) atoms. The number of rotatable bonds is 5. The van der Waals surface area contributed by atoms with E-state index < -0.39 is 0 Å². The minimum Gasteiger partial charge on any atom is -0.383 e. The number of nitrogen functional groups attached to an aromatic ring is 1. The second-order valence-corrected chi connectivity index (χ2v) is 10.2. The molecule has 3 N–H and O–H groups in total. The molecule has 202 valence electrons. The number of carbonyl (C=O) groups is 1. The fraction of sp³-hybridized carbons (Fsp3) is 0.161. The third-order valence-electron chi connectivity index (χ3n) is 7.68. The Labute approximate surface area is 235 Å². The fourth-order valence-electron chi connectivity index (χ4n) is 5.41. The van der Waals surface area contributed by atoms with Gasteiger partial charge in [-0.2, -0.15) is 5.10 Å². The predicted molar refractivity (Wildman–Crippen MR) is 156 cm³/mol. The molecule has 6 aromatic rings. The van der Waals surface area contributed by atoms with E-state index in [0.29, 0.717) is 28.7 Å². The molecule has 0 radical (unpaired) electrons. The van der Waals surface area contributed by atoms with Crippen molar-refractivity contribution in [1.29, 1.82) is 0 Å². The number of fused-ring (bicyclic) bond motifs is 2. The highest BCUT2D eigenvalue weighted by Crippen LogP contribution is 2.36. The maximum Gasteiger partial charge on any atom is 0.253 e. The third-order valence-corrected chi connectivity index (χ3v) is 7.68. The fourth-order valence-corrected chi connectivity index (χ4v) is 5.41. The SMILES string of the molecule is Cc1cc(C(=O)N[C@H]2CCc3cc(-n4c(-c5cccnc5N)nc5ccc(-n6cccn6)nc54)ccc32)cnc1C. The summed E-state index contributed by atoms with van der Waals surface area (Å²) in [6.45, 7) is 3.90. The lowest BCUT2D eigenvalue weighted by Crippen LogP contribution is -2.27. The zero-order valence-corrected chi connectivity index (χ0v) is 22.6. The molecule has 5 heterocycles. The van der Waals surface area contributed by atoms with Crippen LogP contribution in [-0.4, -0.2) is 40.2 Å². The van der Waals surface area contributed by atoms with Crippen molar-refractivity contribution in [3.05, 3.63) is 107 Å². The van der Waals surface area contributed by atoms with Crippen molar-refractivity contribution in [3.8, 4) is 22.9 Å². The normalized spacial score (nSPS) is 14.3. The first-order valence-corrected chi connectivity index (χ1v) is 13.4. The number of aromatic nitrogens is 7. The Morgan fingerprint density at radius 3 is 2.73 bits per heavy atom. The van der Waals surface area contributed by atoms with Gasteiger partial charge in [0.15, 0.2) is 17.3 Å². The number of hydrogen-bond donors (Lipinski definition) is 2. The van der Waals surface area contributed by atoms with E-state index in [1.54, 1.807) is 23.3 Å². The molecule has 1 atom stereocenters. The van der Waals surface area contributed by atoms with E-state index in [2.05, 4.69) is 32.5 Å². The molecular formula is C31H27N9O. The zero-order valence-electron chi connectivity index (χ0n) is 22.6. The van der Waals surface area contributed by atoms with Gasteiger partial charge in [-0.15, -0.1) is 0 Å². The van der Waals surface area contributed by atoms with Crippen LogP contribution in [0.25, 0.3) is 34.1 Å². The quantitative estimate of drug-likeness (QED) is 0.324. The largest absolute Gasteiger partial charge is 0.383 e. The summed E-state index contributed by atoms with van der Waals surface area (Å²) in [5, 5.41) is 7.55. The second kappa shape index (κ2) is 9.67. The Morgan fingerprint density at radius 1 is 1.02 bits per heavy atom. The van der Waals surface area contributed by atoms with Crippen LogP contribution in [0.4, 0.5) is 5.82 Å². The number of carbonyl (C=O) groups excluding carboxylic acids is 1. The van der Waals surface area contributed by atoms with Crippen molar-refractivity contribution < 1.29 is 4.79 Å². The first-order chi connectivity index (χ1) is 20.0. The van der Waals surface area contributed by atoms with Gasteiger partial charge in [0.25, 0.3) is 5.91 Å². The van der Waals surface area contributed by atoms with Crippen LogP contribution in [0, 0.1) is 13.8 Å². The van der Waals surface area contributed by atoms with Crippen LogP contribution in [-0.2, 0) is 6.42 Å². The molecule has 0 fully saturated rings. The Morgan fingerprint density at radius 2 is 1.93 bits per heavy atom. The highest BCUT2D eigenvalue weighted by Gasteiger charge is 2.26. The average Bonchev–Trinajstić information content (AvgIpc) is 3.73.